The van der Waals surface area contributed by atoms with Crippen molar-refractivity contribution in [3.63, 3.8) is 0 Å². The summed E-state index contributed by atoms with van der Waals surface area (Å²) in [6, 6.07) is 0. The number of hydrogen-bond acceptors (Lipinski definition) is 24. The van der Waals surface area contributed by atoms with Crippen LogP contribution in [0, 0.1) is 47.3 Å². The SMILES string of the molecule is CCC(CC(CC(CC(CC(CC(CC(CC(C)C(=O)OCCN(C)C)C(=O)OCCN(C)C)C(=O)OCCN(C)C)C(=O)OCCN(C)C)C(=O)OCCN(C)C)C(=O)OCCN(C)C)C(=O)OCCN(C)C)C(=O)OCCN(C)C. The molecule has 0 aromatic carbocycles. The van der Waals surface area contributed by atoms with E-state index in [1.54, 1.807) is 13.8 Å². The largest absolute Gasteiger partial charge is 0.464 e. The molecule has 0 aliphatic rings. The van der Waals surface area contributed by atoms with Crippen LogP contribution in [0.2, 0.25) is 0 Å². The maximum absolute atomic E-state index is 14.7. The lowest BCUT2D eigenvalue weighted by Gasteiger charge is -2.30. The molecule has 0 radical (unpaired) electrons. The van der Waals surface area contributed by atoms with E-state index >= 15 is 0 Å². The monoisotopic (exact) mass is 1170 g/mol. The van der Waals surface area contributed by atoms with Crippen molar-refractivity contribution in [1.29, 1.82) is 0 Å². The van der Waals surface area contributed by atoms with Crippen LogP contribution in [0.4, 0.5) is 0 Å². The van der Waals surface area contributed by atoms with Crippen molar-refractivity contribution in [3.8, 4) is 0 Å². The number of rotatable bonds is 47. The molecular weight excluding hydrogens is 1060 g/mol. The molecule has 0 saturated carbocycles. The van der Waals surface area contributed by atoms with Crippen LogP contribution in [0.25, 0.3) is 0 Å². The number of esters is 8. The molecule has 0 aromatic heterocycles. The second-order valence-corrected chi connectivity index (χ2v) is 23.6. The molecule has 0 aliphatic carbocycles. The molecule has 0 aliphatic heterocycles. The molecule has 82 heavy (non-hydrogen) atoms. The van der Waals surface area contributed by atoms with E-state index in [0.29, 0.717) is 58.8 Å². The Labute approximate surface area is 492 Å². The Bertz CT molecular complexity index is 1840. The van der Waals surface area contributed by atoms with E-state index in [1.165, 1.54) is 0 Å². The fraction of sp³-hybridized carbons (Fsp3) is 0.862. The minimum atomic E-state index is -1.25. The van der Waals surface area contributed by atoms with Crippen molar-refractivity contribution in [1.82, 2.24) is 39.2 Å². The molecular formula is C58H110N8O16. The first kappa shape index (κ1) is 77.4. The Morgan fingerprint density at radius 1 is 0.244 bits per heavy atom. The predicted molar refractivity (Wildman–Crippen MR) is 312 cm³/mol. The van der Waals surface area contributed by atoms with Gasteiger partial charge in [0.15, 0.2) is 0 Å². The molecule has 478 valence electrons. The van der Waals surface area contributed by atoms with Crippen LogP contribution < -0.4 is 0 Å². The highest BCUT2D eigenvalue weighted by molar-refractivity contribution is 5.81. The van der Waals surface area contributed by atoms with Gasteiger partial charge in [-0.25, -0.2) is 0 Å². The molecule has 0 fully saturated rings. The first-order valence-corrected chi connectivity index (χ1v) is 29.0. The zero-order valence-electron chi connectivity index (χ0n) is 53.7. The number of carbonyl (C=O) groups is 8. The number of carbonyl (C=O) groups excluding carboxylic acids is 8. The van der Waals surface area contributed by atoms with Gasteiger partial charge >= 0.3 is 47.8 Å². The maximum atomic E-state index is 14.7. The van der Waals surface area contributed by atoms with Gasteiger partial charge in [0.05, 0.1) is 47.3 Å². The molecule has 0 bridgehead atoms. The van der Waals surface area contributed by atoms with Gasteiger partial charge in [-0.3, -0.25) is 38.4 Å². The minimum absolute atomic E-state index is 0.0216. The van der Waals surface area contributed by atoms with Crippen LogP contribution >= 0.6 is 0 Å². The summed E-state index contributed by atoms with van der Waals surface area (Å²) in [6.45, 7) is 6.69. The average Bonchev–Trinajstić information content (AvgIpc) is 3.38. The predicted octanol–water partition coefficient (Wildman–Crippen LogP) is 1.91. The third kappa shape index (κ3) is 37.6. The number of likely N-dealkylation sites (N-methyl/N-ethyl adjacent to an activating group) is 8. The molecule has 8 atom stereocenters. The van der Waals surface area contributed by atoms with Gasteiger partial charge in [-0.1, -0.05) is 13.8 Å². The number of nitrogens with zero attached hydrogens (tertiary/aromatic N) is 8. The van der Waals surface area contributed by atoms with Crippen LogP contribution in [0.3, 0.4) is 0 Å². The lowest BCUT2D eigenvalue weighted by molar-refractivity contribution is -0.158. The summed E-state index contributed by atoms with van der Waals surface area (Å²) in [7, 11) is 29.2. The van der Waals surface area contributed by atoms with Gasteiger partial charge in [0.1, 0.15) is 52.9 Å². The van der Waals surface area contributed by atoms with Gasteiger partial charge < -0.3 is 77.1 Å². The second kappa shape index (κ2) is 44.0. The lowest BCUT2D eigenvalue weighted by atomic mass is 9.77. The molecule has 8 unspecified atom stereocenters. The summed E-state index contributed by atoms with van der Waals surface area (Å²) < 4.78 is 46.4. The molecule has 0 amide bonds. The summed E-state index contributed by atoms with van der Waals surface area (Å²) in [5.74, 6) is -13.9. The van der Waals surface area contributed by atoms with Gasteiger partial charge in [-0.2, -0.15) is 0 Å². The van der Waals surface area contributed by atoms with Crippen molar-refractivity contribution in [3.05, 3.63) is 0 Å². The summed E-state index contributed by atoms with van der Waals surface area (Å²) in [6.07, 6.45) is -1.12. The average molecular weight is 1180 g/mol. The Kier molecular flexibility index (Phi) is 41.5. The molecule has 24 nitrogen and oxygen atoms in total. The first-order valence-electron chi connectivity index (χ1n) is 29.0. The van der Waals surface area contributed by atoms with E-state index in [2.05, 4.69) is 0 Å². The summed E-state index contributed by atoms with van der Waals surface area (Å²) in [4.78, 5) is 129. The van der Waals surface area contributed by atoms with Gasteiger partial charge in [0.25, 0.3) is 0 Å². The van der Waals surface area contributed by atoms with E-state index in [1.807, 2.05) is 152 Å². The van der Waals surface area contributed by atoms with Crippen molar-refractivity contribution < 1.29 is 76.3 Å². The first-order chi connectivity index (χ1) is 38.5. The highest BCUT2D eigenvalue weighted by Crippen LogP contribution is 2.35. The summed E-state index contributed by atoms with van der Waals surface area (Å²) in [5.41, 5.74) is 0. The van der Waals surface area contributed by atoms with Crippen molar-refractivity contribution in [2.45, 2.75) is 65.2 Å². The number of hydrogen-bond donors (Lipinski definition) is 0. The molecule has 0 N–H and O–H groups in total. The van der Waals surface area contributed by atoms with Crippen LogP contribution in [-0.4, -0.2) is 305 Å². The highest BCUT2D eigenvalue weighted by Gasteiger charge is 2.41. The normalized spacial score (nSPS) is 14.8. The summed E-state index contributed by atoms with van der Waals surface area (Å²) >= 11 is 0. The molecule has 0 rings (SSSR count). The number of ether oxygens (including phenoxy) is 8. The Balaban J connectivity index is 8.13. The van der Waals surface area contributed by atoms with Crippen LogP contribution in [0.15, 0.2) is 0 Å². The quantitative estimate of drug-likeness (QED) is 0.0625. The van der Waals surface area contributed by atoms with Crippen LogP contribution in [0.5, 0.6) is 0 Å². The zero-order valence-corrected chi connectivity index (χ0v) is 53.7. The van der Waals surface area contributed by atoms with E-state index in [-0.39, 0.29) is 97.8 Å². The van der Waals surface area contributed by atoms with E-state index in [0.717, 1.165) is 0 Å². The Hall–Kier alpha value is -4.56. The molecule has 0 saturated heterocycles. The highest BCUT2D eigenvalue weighted by atomic mass is 16.6. The molecule has 24 heteroatoms. The van der Waals surface area contributed by atoms with Crippen molar-refractivity contribution >= 4 is 47.8 Å². The van der Waals surface area contributed by atoms with Gasteiger partial charge in [0, 0.05) is 52.4 Å². The van der Waals surface area contributed by atoms with Crippen molar-refractivity contribution in [2.75, 3.05) is 218 Å². The standard InChI is InChI=1S/C58H110N8O16/c1-19-44(52(68)76-29-21-60(5)6)37-46(54(70)78-31-23-62(9)10)39-48(56(72)80-33-25-64(13)14)41-50(58(74)82-35-27-66(17)18)42-49(57(73)81-34-26-65(15)16)40-47(55(71)79-32-24-63(11)12)38-45(53(69)77-30-22-61(7)8)36-43(2)51(67)75-28-20-59(3)4/h43-50H,19-42H2,1-18H3. The van der Waals surface area contributed by atoms with E-state index < -0.39 is 95.1 Å². The maximum Gasteiger partial charge on any atom is 0.309 e. The minimum Gasteiger partial charge on any atom is -0.464 e. The van der Waals surface area contributed by atoms with Crippen LogP contribution in [-0.2, 0) is 76.3 Å². The smallest absolute Gasteiger partial charge is 0.309 e. The lowest BCUT2D eigenvalue weighted by Crippen LogP contribution is -2.36. The second-order valence-electron chi connectivity index (χ2n) is 23.6. The Morgan fingerprint density at radius 2 is 0.390 bits per heavy atom. The third-order valence-corrected chi connectivity index (χ3v) is 13.5. The fourth-order valence-corrected chi connectivity index (χ4v) is 8.34. The topological polar surface area (TPSA) is 236 Å². The Morgan fingerprint density at radius 3 is 0.561 bits per heavy atom. The van der Waals surface area contributed by atoms with Gasteiger partial charge in [0.2, 0.25) is 0 Å². The van der Waals surface area contributed by atoms with Crippen molar-refractivity contribution in [2.24, 2.45) is 47.3 Å². The molecule has 0 heterocycles. The third-order valence-electron chi connectivity index (χ3n) is 13.5. The zero-order chi connectivity index (χ0) is 62.5. The van der Waals surface area contributed by atoms with Crippen LogP contribution in [0.1, 0.15) is 65.2 Å². The van der Waals surface area contributed by atoms with E-state index in [4.69, 9.17) is 37.9 Å². The fourth-order valence-electron chi connectivity index (χ4n) is 8.34. The van der Waals surface area contributed by atoms with Gasteiger partial charge in [-0.15, -0.1) is 0 Å². The summed E-state index contributed by atoms with van der Waals surface area (Å²) in [5, 5.41) is 0. The van der Waals surface area contributed by atoms with E-state index in [9.17, 15) is 38.4 Å². The van der Waals surface area contributed by atoms with Gasteiger partial charge in [-0.05, 0) is 164 Å². The molecule has 0 spiro atoms. The molecule has 0 aromatic rings.